The van der Waals surface area contributed by atoms with Gasteiger partial charge in [-0.1, -0.05) is 37.6 Å². The fourth-order valence-corrected chi connectivity index (χ4v) is 3.11. The molecule has 0 amide bonds. The summed E-state index contributed by atoms with van der Waals surface area (Å²) in [7, 11) is 0. The molecule has 1 saturated heterocycles. The first-order valence-corrected chi connectivity index (χ1v) is 7.60. The number of aryl methyl sites for hydroxylation is 2. The summed E-state index contributed by atoms with van der Waals surface area (Å²) in [6, 6.07) is 7.52. The Balaban J connectivity index is 2.25. The molecule has 1 atom stereocenters. The average Bonchev–Trinajstić information content (AvgIpc) is 2.37. The van der Waals surface area contributed by atoms with Gasteiger partial charge >= 0.3 is 0 Å². The predicted molar refractivity (Wildman–Crippen MR) is 82.6 cm³/mol. The van der Waals surface area contributed by atoms with Crippen molar-refractivity contribution in [2.24, 2.45) is 5.92 Å². The van der Waals surface area contributed by atoms with E-state index in [0.717, 1.165) is 19.0 Å². The number of hydrogen-bond acceptors (Lipinski definition) is 2. The lowest BCUT2D eigenvalue weighted by Crippen LogP contribution is -2.45. The van der Waals surface area contributed by atoms with E-state index in [1.807, 2.05) is 0 Å². The minimum Gasteiger partial charge on any atom is -0.314 e. The lowest BCUT2D eigenvalue weighted by molar-refractivity contribution is 0.153. The molecular formula is C17H28N2. The van der Waals surface area contributed by atoms with Crippen LogP contribution in [0.2, 0.25) is 0 Å². The van der Waals surface area contributed by atoms with Crippen LogP contribution in [0, 0.1) is 19.8 Å². The molecule has 2 rings (SSSR count). The van der Waals surface area contributed by atoms with Gasteiger partial charge in [0.05, 0.1) is 0 Å². The molecule has 0 spiro atoms. The number of nitrogens with zero attached hydrogens (tertiary/aromatic N) is 1. The first-order chi connectivity index (χ1) is 9.08. The molecule has 0 aliphatic carbocycles. The summed E-state index contributed by atoms with van der Waals surface area (Å²) < 4.78 is 0. The fourth-order valence-electron chi connectivity index (χ4n) is 3.11. The molecule has 0 radical (unpaired) electrons. The first-order valence-electron chi connectivity index (χ1n) is 7.60. The molecule has 1 heterocycles. The van der Waals surface area contributed by atoms with E-state index in [9.17, 15) is 0 Å². The fraction of sp³-hybridized carbons (Fsp3) is 0.647. The molecule has 2 heteroatoms. The van der Waals surface area contributed by atoms with E-state index in [1.54, 1.807) is 0 Å². The Morgan fingerprint density at radius 3 is 2.42 bits per heavy atom. The lowest BCUT2D eigenvalue weighted by atomic mass is 9.91. The number of rotatable bonds is 4. The number of benzene rings is 1. The normalized spacial score (nSPS) is 18.8. The molecule has 1 aromatic carbocycles. The summed E-state index contributed by atoms with van der Waals surface area (Å²) in [5.74, 6) is 0.737. The topological polar surface area (TPSA) is 15.3 Å². The van der Waals surface area contributed by atoms with E-state index in [4.69, 9.17) is 0 Å². The van der Waals surface area contributed by atoms with Crippen LogP contribution in [0.1, 0.15) is 43.0 Å². The SMILES string of the molecule is Cc1ccc(C(CC(C)C)N2CCNCC2)c(C)c1. The van der Waals surface area contributed by atoms with Gasteiger partial charge in [0.25, 0.3) is 0 Å². The summed E-state index contributed by atoms with van der Waals surface area (Å²) in [4.78, 5) is 2.66. The van der Waals surface area contributed by atoms with Crippen molar-refractivity contribution < 1.29 is 0 Å². The van der Waals surface area contributed by atoms with Crippen molar-refractivity contribution in [2.45, 2.75) is 40.2 Å². The Morgan fingerprint density at radius 2 is 1.84 bits per heavy atom. The second kappa shape index (κ2) is 6.53. The second-order valence-electron chi connectivity index (χ2n) is 6.29. The standard InChI is InChI=1S/C17H28N2/c1-13(2)11-17(19-9-7-18-8-10-19)16-6-5-14(3)12-15(16)4/h5-6,12-13,17-18H,7-11H2,1-4H3. The van der Waals surface area contributed by atoms with E-state index < -0.39 is 0 Å². The highest BCUT2D eigenvalue weighted by molar-refractivity contribution is 5.33. The molecule has 1 unspecified atom stereocenters. The quantitative estimate of drug-likeness (QED) is 0.893. The highest BCUT2D eigenvalue weighted by Crippen LogP contribution is 2.30. The van der Waals surface area contributed by atoms with Crippen molar-refractivity contribution in [2.75, 3.05) is 26.2 Å². The van der Waals surface area contributed by atoms with Crippen LogP contribution >= 0.6 is 0 Å². The van der Waals surface area contributed by atoms with Gasteiger partial charge in [0.15, 0.2) is 0 Å². The zero-order valence-electron chi connectivity index (χ0n) is 12.9. The van der Waals surface area contributed by atoms with Crippen LogP contribution in [0.25, 0.3) is 0 Å². The Kier molecular flexibility index (Phi) is 5.00. The molecule has 1 N–H and O–H groups in total. The van der Waals surface area contributed by atoms with Crippen molar-refractivity contribution in [3.63, 3.8) is 0 Å². The minimum absolute atomic E-state index is 0.586. The van der Waals surface area contributed by atoms with Gasteiger partial charge in [0, 0.05) is 32.2 Å². The van der Waals surface area contributed by atoms with Crippen LogP contribution < -0.4 is 5.32 Å². The lowest BCUT2D eigenvalue weighted by Gasteiger charge is -2.37. The Bertz CT molecular complexity index is 406. The third-order valence-electron chi connectivity index (χ3n) is 4.07. The first kappa shape index (κ1) is 14.5. The van der Waals surface area contributed by atoms with Crippen LogP contribution in [0.5, 0.6) is 0 Å². The highest BCUT2D eigenvalue weighted by Gasteiger charge is 2.24. The predicted octanol–water partition coefficient (Wildman–Crippen LogP) is 3.30. The van der Waals surface area contributed by atoms with Crippen LogP contribution in [-0.2, 0) is 0 Å². The molecule has 0 bridgehead atoms. The maximum absolute atomic E-state index is 3.46. The van der Waals surface area contributed by atoms with Gasteiger partial charge in [-0.3, -0.25) is 4.90 Å². The summed E-state index contributed by atoms with van der Waals surface area (Å²) in [6.45, 7) is 13.7. The van der Waals surface area contributed by atoms with Gasteiger partial charge in [0.2, 0.25) is 0 Å². The summed E-state index contributed by atoms with van der Waals surface area (Å²) in [5.41, 5.74) is 4.34. The molecular weight excluding hydrogens is 232 g/mol. The van der Waals surface area contributed by atoms with E-state index >= 15 is 0 Å². The molecule has 1 aliphatic rings. The molecule has 106 valence electrons. The molecule has 1 fully saturated rings. The molecule has 0 aromatic heterocycles. The van der Waals surface area contributed by atoms with E-state index in [-0.39, 0.29) is 0 Å². The smallest absolute Gasteiger partial charge is 0.0354 e. The van der Waals surface area contributed by atoms with Gasteiger partial charge in [0.1, 0.15) is 0 Å². The molecule has 1 aliphatic heterocycles. The van der Waals surface area contributed by atoms with Crippen LogP contribution in [0.3, 0.4) is 0 Å². The van der Waals surface area contributed by atoms with E-state index in [1.165, 1.54) is 36.2 Å². The second-order valence-corrected chi connectivity index (χ2v) is 6.29. The van der Waals surface area contributed by atoms with Crippen LogP contribution in [0.4, 0.5) is 0 Å². The Labute approximate surface area is 118 Å². The largest absolute Gasteiger partial charge is 0.314 e. The van der Waals surface area contributed by atoms with Crippen molar-refractivity contribution in [1.29, 1.82) is 0 Å². The third kappa shape index (κ3) is 3.80. The zero-order valence-corrected chi connectivity index (χ0v) is 12.9. The summed E-state index contributed by atoms with van der Waals surface area (Å²) >= 11 is 0. The maximum atomic E-state index is 3.46. The van der Waals surface area contributed by atoms with Gasteiger partial charge in [-0.15, -0.1) is 0 Å². The van der Waals surface area contributed by atoms with Crippen molar-refractivity contribution in [1.82, 2.24) is 10.2 Å². The molecule has 0 saturated carbocycles. The van der Waals surface area contributed by atoms with Gasteiger partial charge in [-0.05, 0) is 37.3 Å². The monoisotopic (exact) mass is 260 g/mol. The number of piperazine rings is 1. The highest BCUT2D eigenvalue weighted by atomic mass is 15.2. The van der Waals surface area contributed by atoms with Crippen LogP contribution in [-0.4, -0.2) is 31.1 Å². The molecule has 1 aromatic rings. The number of nitrogens with one attached hydrogen (secondary N) is 1. The average molecular weight is 260 g/mol. The van der Waals surface area contributed by atoms with Gasteiger partial charge in [-0.25, -0.2) is 0 Å². The Morgan fingerprint density at radius 1 is 1.16 bits per heavy atom. The molecule has 2 nitrogen and oxygen atoms in total. The van der Waals surface area contributed by atoms with Crippen molar-refractivity contribution in [3.8, 4) is 0 Å². The zero-order chi connectivity index (χ0) is 13.8. The van der Waals surface area contributed by atoms with E-state index in [0.29, 0.717) is 6.04 Å². The van der Waals surface area contributed by atoms with Gasteiger partial charge in [-0.2, -0.15) is 0 Å². The summed E-state index contributed by atoms with van der Waals surface area (Å²) in [6.07, 6.45) is 1.25. The minimum atomic E-state index is 0.586. The van der Waals surface area contributed by atoms with E-state index in [2.05, 4.69) is 56.1 Å². The van der Waals surface area contributed by atoms with Crippen LogP contribution in [0.15, 0.2) is 18.2 Å². The Hall–Kier alpha value is -0.860. The van der Waals surface area contributed by atoms with Gasteiger partial charge < -0.3 is 5.32 Å². The third-order valence-corrected chi connectivity index (χ3v) is 4.07. The number of hydrogen-bond donors (Lipinski definition) is 1. The van der Waals surface area contributed by atoms with Crippen molar-refractivity contribution >= 4 is 0 Å². The molecule has 19 heavy (non-hydrogen) atoms. The summed E-state index contributed by atoms with van der Waals surface area (Å²) in [5, 5.41) is 3.46. The maximum Gasteiger partial charge on any atom is 0.0354 e. The van der Waals surface area contributed by atoms with Crippen molar-refractivity contribution in [3.05, 3.63) is 34.9 Å².